The second-order valence-corrected chi connectivity index (χ2v) is 4.98. The molecular weight excluding hydrogens is 236 g/mol. The Bertz CT molecular complexity index is 501. The summed E-state index contributed by atoms with van der Waals surface area (Å²) in [6, 6.07) is 8.71. The number of benzene rings is 1. The molecule has 1 N–H and O–H groups in total. The molecule has 0 atom stereocenters. The highest BCUT2D eigenvalue weighted by atomic mass is 15.2. The van der Waals surface area contributed by atoms with Crippen LogP contribution in [-0.4, -0.2) is 47.2 Å². The summed E-state index contributed by atoms with van der Waals surface area (Å²) in [5.74, 6) is 0. The first-order valence-corrected chi connectivity index (χ1v) is 6.92. The van der Waals surface area contributed by atoms with Gasteiger partial charge in [0.05, 0.1) is 6.33 Å². The van der Waals surface area contributed by atoms with Gasteiger partial charge in [0, 0.05) is 50.8 Å². The van der Waals surface area contributed by atoms with Crippen molar-refractivity contribution in [3.63, 3.8) is 0 Å². The summed E-state index contributed by atoms with van der Waals surface area (Å²) in [6.07, 6.45) is 6.75. The van der Waals surface area contributed by atoms with Gasteiger partial charge in [-0.3, -0.25) is 0 Å². The van der Waals surface area contributed by atoms with Gasteiger partial charge in [0.15, 0.2) is 0 Å². The first-order valence-electron chi connectivity index (χ1n) is 6.92. The molecule has 0 spiro atoms. The van der Waals surface area contributed by atoms with E-state index < -0.39 is 0 Å². The van der Waals surface area contributed by atoms with Crippen LogP contribution in [0.5, 0.6) is 0 Å². The first-order chi connectivity index (χ1) is 9.42. The van der Waals surface area contributed by atoms with Crippen molar-refractivity contribution in [3.8, 4) is 5.69 Å². The van der Waals surface area contributed by atoms with Gasteiger partial charge in [-0.05, 0) is 24.1 Å². The second-order valence-electron chi connectivity index (χ2n) is 4.98. The molecule has 4 heteroatoms. The molecule has 0 bridgehead atoms. The molecule has 0 radical (unpaired) electrons. The van der Waals surface area contributed by atoms with Crippen LogP contribution >= 0.6 is 0 Å². The van der Waals surface area contributed by atoms with Gasteiger partial charge in [0.1, 0.15) is 0 Å². The molecule has 100 valence electrons. The number of hydrogen-bond acceptors (Lipinski definition) is 3. The van der Waals surface area contributed by atoms with Gasteiger partial charge >= 0.3 is 0 Å². The Morgan fingerprint density at radius 1 is 1.21 bits per heavy atom. The SMILES string of the molecule is c1cc(CCN2CCNCC2)cc(-n2ccnc2)c1. The Kier molecular flexibility index (Phi) is 3.91. The highest BCUT2D eigenvalue weighted by Gasteiger charge is 2.09. The third kappa shape index (κ3) is 3.22. The van der Waals surface area contributed by atoms with E-state index in [9.17, 15) is 0 Å². The fraction of sp³-hybridized carbons (Fsp3) is 0.400. The first kappa shape index (κ1) is 12.4. The van der Waals surface area contributed by atoms with Crippen molar-refractivity contribution in [2.45, 2.75) is 6.42 Å². The normalized spacial score (nSPS) is 16.6. The van der Waals surface area contributed by atoms with Crippen LogP contribution < -0.4 is 5.32 Å². The summed E-state index contributed by atoms with van der Waals surface area (Å²) >= 11 is 0. The summed E-state index contributed by atoms with van der Waals surface area (Å²) in [4.78, 5) is 6.62. The molecule has 19 heavy (non-hydrogen) atoms. The zero-order valence-corrected chi connectivity index (χ0v) is 11.1. The number of aromatic nitrogens is 2. The number of hydrogen-bond donors (Lipinski definition) is 1. The van der Waals surface area contributed by atoms with Gasteiger partial charge < -0.3 is 14.8 Å². The molecule has 0 unspecified atom stereocenters. The summed E-state index contributed by atoms with van der Waals surface area (Å²) in [6.45, 7) is 5.72. The van der Waals surface area contributed by atoms with Crippen molar-refractivity contribution < 1.29 is 0 Å². The zero-order valence-electron chi connectivity index (χ0n) is 11.1. The van der Waals surface area contributed by atoms with Crippen LogP contribution in [0.2, 0.25) is 0 Å². The molecule has 2 heterocycles. The third-order valence-electron chi connectivity index (χ3n) is 3.64. The smallest absolute Gasteiger partial charge is 0.0991 e. The van der Waals surface area contributed by atoms with Gasteiger partial charge in [0.2, 0.25) is 0 Å². The van der Waals surface area contributed by atoms with E-state index in [-0.39, 0.29) is 0 Å². The van der Waals surface area contributed by atoms with E-state index in [1.807, 2.05) is 23.3 Å². The minimum atomic E-state index is 1.11. The van der Waals surface area contributed by atoms with Crippen LogP contribution in [0, 0.1) is 0 Å². The summed E-state index contributed by atoms with van der Waals surface area (Å²) in [5.41, 5.74) is 2.58. The number of rotatable bonds is 4. The molecule has 3 rings (SSSR count). The molecule has 1 aromatic carbocycles. The van der Waals surface area contributed by atoms with Gasteiger partial charge in [-0.2, -0.15) is 0 Å². The van der Waals surface area contributed by atoms with Crippen LogP contribution in [0.15, 0.2) is 43.0 Å². The molecule has 2 aromatic rings. The predicted molar refractivity (Wildman–Crippen MR) is 76.6 cm³/mol. The van der Waals surface area contributed by atoms with Gasteiger partial charge in [-0.1, -0.05) is 12.1 Å². The molecule has 4 nitrogen and oxygen atoms in total. The molecular formula is C15H20N4. The lowest BCUT2D eigenvalue weighted by atomic mass is 10.1. The predicted octanol–water partition coefficient (Wildman–Crippen LogP) is 1.32. The van der Waals surface area contributed by atoms with E-state index in [4.69, 9.17) is 0 Å². The van der Waals surface area contributed by atoms with Crippen molar-refractivity contribution >= 4 is 0 Å². The van der Waals surface area contributed by atoms with Crippen LogP contribution in [-0.2, 0) is 6.42 Å². The topological polar surface area (TPSA) is 33.1 Å². The highest BCUT2D eigenvalue weighted by Crippen LogP contribution is 2.11. The Labute approximate surface area is 114 Å². The van der Waals surface area contributed by atoms with Crippen molar-refractivity contribution in [1.82, 2.24) is 19.8 Å². The zero-order chi connectivity index (χ0) is 12.9. The molecule has 1 aliphatic rings. The summed E-state index contributed by atoms with van der Waals surface area (Å²) in [5, 5.41) is 3.39. The average Bonchev–Trinajstić information content (AvgIpc) is 3.01. The Morgan fingerprint density at radius 3 is 2.89 bits per heavy atom. The minimum Gasteiger partial charge on any atom is -0.314 e. The van der Waals surface area contributed by atoms with E-state index in [0.29, 0.717) is 0 Å². The number of piperazine rings is 1. The van der Waals surface area contributed by atoms with E-state index in [1.165, 1.54) is 24.3 Å². The fourth-order valence-corrected chi connectivity index (χ4v) is 2.51. The highest BCUT2D eigenvalue weighted by molar-refractivity contribution is 5.35. The molecule has 1 aromatic heterocycles. The maximum atomic E-state index is 4.10. The van der Waals surface area contributed by atoms with Crippen LogP contribution in [0.3, 0.4) is 0 Å². The van der Waals surface area contributed by atoms with Crippen molar-refractivity contribution in [1.29, 1.82) is 0 Å². The van der Waals surface area contributed by atoms with E-state index in [2.05, 4.69) is 39.5 Å². The lowest BCUT2D eigenvalue weighted by Gasteiger charge is -2.27. The third-order valence-corrected chi connectivity index (χ3v) is 3.64. The van der Waals surface area contributed by atoms with Gasteiger partial charge in [-0.25, -0.2) is 4.98 Å². The van der Waals surface area contributed by atoms with E-state index in [1.54, 1.807) is 0 Å². The lowest BCUT2D eigenvalue weighted by molar-refractivity contribution is 0.244. The average molecular weight is 256 g/mol. The fourth-order valence-electron chi connectivity index (χ4n) is 2.51. The Balaban J connectivity index is 1.63. The van der Waals surface area contributed by atoms with E-state index in [0.717, 1.165) is 26.1 Å². The minimum absolute atomic E-state index is 1.11. The van der Waals surface area contributed by atoms with Gasteiger partial charge in [0.25, 0.3) is 0 Å². The standard InChI is InChI=1S/C15H20N4/c1-2-14(4-8-18-9-5-16-6-10-18)12-15(3-1)19-11-7-17-13-19/h1-3,7,11-13,16H,4-6,8-10H2. The van der Waals surface area contributed by atoms with Gasteiger partial charge in [-0.15, -0.1) is 0 Å². The van der Waals surface area contributed by atoms with Crippen molar-refractivity contribution in [2.75, 3.05) is 32.7 Å². The molecule has 1 saturated heterocycles. The summed E-state index contributed by atoms with van der Waals surface area (Å²) in [7, 11) is 0. The maximum absolute atomic E-state index is 4.10. The largest absolute Gasteiger partial charge is 0.314 e. The van der Waals surface area contributed by atoms with Crippen molar-refractivity contribution in [2.24, 2.45) is 0 Å². The maximum Gasteiger partial charge on any atom is 0.0991 e. The number of nitrogens with zero attached hydrogens (tertiary/aromatic N) is 3. The quantitative estimate of drug-likeness (QED) is 0.895. The van der Waals surface area contributed by atoms with E-state index >= 15 is 0 Å². The summed E-state index contributed by atoms with van der Waals surface area (Å²) < 4.78 is 2.05. The Morgan fingerprint density at radius 2 is 2.11 bits per heavy atom. The van der Waals surface area contributed by atoms with Crippen LogP contribution in [0.4, 0.5) is 0 Å². The monoisotopic (exact) mass is 256 g/mol. The lowest BCUT2D eigenvalue weighted by Crippen LogP contribution is -2.44. The molecule has 0 aliphatic carbocycles. The molecule has 1 aliphatic heterocycles. The Hall–Kier alpha value is -1.65. The number of imidazole rings is 1. The molecule has 0 amide bonds. The van der Waals surface area contributed by atoms with Crippen LogP contribution in [0.1, 0.15) is 5.56 Å². The second kappa shape index (κ2) is 5.99. The molecule has 0 saturated carbocycles. The van der Waals surface area contributed by atoms with Crippen molar-refractivity contribution in [3.05, 3.63) is 48.5 Å². The number of nitrogens with one attached hydrogen (secondary N) is 1. The van der Waals surface area contributed by atoms with Crippen LogP contribution in [0.25, 0.3) is 5.69 Å². The molecule has 1 fully saturated rings.